The maximum Gasteiger partial charge on any atom is 0.326 e. The number of hydrogen-bond donors (Lipinski definition) is 5. The molecule has 12 heteroatoms. The van der Waals surface area contributed by atoms with Gasteiger partial charge in [0.15, 0.2) is 6.29 Å². The molecule has 2 aliphatic rings. The van der Waals surface area contributed by atoms with Crippen LogP contribution in [0.4, 0.5) is 0 Å². The van der Waals surface area contributed by atoms with Crippen molar-refractivity contribution >= 4 is 22.8 Å². The van der Waals surface area contributed by atoms with Crippen molar-refractivity contribution in [2.75, 3.05) is 19.6 Å². The molecule has 260 valence electrons. The summed E-state index contributed by atoms with van der Waals surface area (Å²) in [5, 5.41) is 21.0. The zero-order valence-corrected chi connectivity index (χ0v) is 27.6. The van der Waals surface area contributed by atoms with Crippen LogP contribution in [0.2, 0.25) is 0 Å². The Labute approximate surface area is 285 Å². The first-order valence-corrected chi connectivity index (χ1v) is 17.1. The lowest BCUT2D eigenvalue weighted by molar-refractivity contribution is -0.253. The minimum atomic E-state index is -0.580. The number of imidazole rings is 1. The summed E-state index contributed by atoms with van der Waals surface area (Å²) in [6.45, 7) is 2.82. The number of para-hydroxylation sites is 2. The van der Waals surface area contributed by atoms with Crippen molar-refractivity contribution in [3.05, 3.63) is 106 Å². The highest BCUT2D eigenvalue weighted by Gasteiger charge is 2.34. The predicted molar refractivity (Wildman–Crippen MR) is 182 cm³/mol. The Balaban J connectivity index is 1.07. The molecule has 3 unspecified atom stereocenters. The third-order valence-corrected chi connectivity index (χ3v) is 9.55. The largest absolute Gasteiger partial charge is 0.392 e. The van der Waals surface area contributed by atoms with Gasteiger partial charge in [-0.3, -0.25) is 19.4 Å². The van der Waals surface area contributed by atoms with E-state index >= 15 is 0 Å². The second-order valence-electron chi connectivity index (χ2n) is 13.0. The highest BCUT2D eigenvalue weighted by atomic mass is 16.7. The topological polar surface area (TPSA) is 158 Å². The number of fused-ring (bicyclic) bond motifs is 1. The maximum atomic E-state index is 12.8. The molecule has 2 amide bonds. The number of H-pyrrole nitrogens is 1. The van der Waals surface area contributed by atoms with E-state index in [9.17, 15) is 19.5 Å². The molecule has 3 atom stereocenters. The number of aromatic nitrogens is 2. The van der Waals surface area contributed by atoms with Crippen molar-refractivity contribution in [2.45, 2.75) is 82.6 Å². The second-order valence-corrected chi connectivity index (χ2v) is 13.0. The molecule has 3 aromatic carbocycles. The summed E-state index contributed by atoms with van der Waals surface area (Å²) in [5.41, 5.74) is 7.06. The number of aliphatic hydroxyl groups excluding tert-OH is 1. The van der Waals surface area contributed by atoms with Gasteiger partial charge in [-0.2, -0.15) is 0 Å². The molecule has 12 nitrogen and oxygen atoms in total. The van der Waals surface area contributed by atoms with E-state index in [-0.39, 0.29) is 42.9 Å². The Hall–Kier alpha value is -4.33. The summed E-state index contributed by atoms with van der Waals surface area (Å²) >= 11 is 0. The first-order valence-electron chi connectivity index (χ1n) is 17.1. The van der Waals surface area contributed by atoms with E-state index in [1.807, 2.05) is 77.4 Å². The lowest BCUT2D eigenvalue weighted by atomic mass is 9.98. The number of aromatic amines is 1. The second kappa shape index (κ2) is 16.4. The van der Waals surface area contributed by atoms with E-state index in [0.29, 0.717) is 32.2 Å². The Morgan fingerprint density at radius 1 is 0.857 bits per heavy atom. The highest BCUT2D eigenvalue weighted by Crippen LogP contribution is 2.38. The van der Waals surface area contributed by atoms with Crippen LogP contribution in [0.5, 0.6) is 0 Å². The van der Waals surface area contributed by atoms with Crippen molar-refractivity contribution in [1.29, 1.82) is 0 Å². The van der Waals surface area contributed by atoms with E-state index in [0.717, 1.165) is 65.8 Å². The number of nitrogens with zero attached hydrogens (tertiary/aromatic N) is 2. The Bertz CT molecular complexity index is 1750. The van der Waals surface area contributed by atoms with E-state index < -0.39 is 12.2 Å². The molecular weight excluding hydrogens is 626 g/mol. The van der Waals surface area contributed by atoms with Crippen molar-refractivity contribution in [3.63, 3.8) is 0 Å². The molecule has 0 spiro atoms. The quantitative estimate of drug-likeness (QED) is 0.0796. The molecule has 0 bridgehead atoms. The fourth-order valence-electron chi connectivity index (χ4n) is 6.83. The number of nitrogens with one attached hydrogen (secondary N) is 3. The minimum Gasteiger partial charge on any atom is -0.392 e. The molecular formula is C37H45N5O7. The van der Waals surface area contributed by atoms with Gasteiger partial charge in [0, 0.05) is 57.0 Å². The molecule has 5 N–H and O–H groups in total. The van der Waals surface area contributed by atoms with Crippen molar-refractivity contribution in [2.24, 2.45) is 0 Å². The Morgan fingerprint density at radius 3 is 2.24 bits per heavy atom. The molecule has 49 heavy (non-hydrogen) atoms. The lowest BCUT2D eigenvalue weighted by Gasteiger charge is -2.40. The zero-order chi connectivity index (χ0) is 34.2. The number of aliphatic hydroxyl groups is 1. The van der Waals surface area contributed by atoms with E-state index in [4.69, 9.17) is 14.7 Å². The molecule has 1 aromatic heterocycles. The van der Waals surface area contributed by atoms with Crippen LogP contribution in [-0.4, -0.2) is 62.3 Å². The summed E-state index contributed by atoms with van der Waals surface area (Å²) in [6.07, 6.45) is 3.14. The van der Waals surface area contributed by atoms with Gasteiger partial charge >= 0.3 is 5.69 Å². The summed E-state index contributed by atoms with van der Waals surface area (Å²) in [6, 6.07) is 23.7. The molecule has 4 aromatic rings. The van der Waals surface area contributed by atoms with Gasteiger partial charge in [0.25, 0.3) is 0 Å². The van der Waals surface area contributed by atoms with Gasteiger partial charge in [-0.05, 0) is 54.5 Å². The molecule has 0 aliphatic carbocycles. The molecule has 2 fully saturated rings. The number of likely N-dealkylation sites (tertiary alicyclic amines) is 1. The number of benzene rings is 3. The number of hydrogen-bond acceptors (Lipinski definition) is 8. The zero-order valence-electron chi connectivity index (χ0n) is 27.6. The minimum absolute atomic E-state index is 0.0169. The van der Waals surface area contributed by atoms with Gasteiger partial charge in [-0.25, -0.2) is 10.3 Å². The van der Waals surface area contributed by atoms with Gasteiger partial charge in [0.1, 0.15) is 0 Å². The van der Waals surface area contributed by atoms with Crippen LogP contribution in [0.25, 0.3) is 11.0 Å². The molecule has 6 rings (SSSR count). The SMILES string of the molecule is O=C(CCCCC(=O)NCc1ccc(C2OC(CN3CCC(n4c(=O)[nH]c5ccccc54)CC3)CC(c3ccc(CO)cc3)O2)cc1)NO. The van der Waals surface area contributed by atoms with Crippen molar-refractivity contribution < 1.29 is 29.4 Å². The van der Waals surface area contributed by atoms with E-state index in [2.05, 4.69) is 15.2 Å². The Kier molecular flexibility index (Phi) is 11.5. The molecule has 2 saturated heterocycles. The molecule has 0 radical (unpaired) electrons. The fraction of sp³-hybridized carbons (Fsp3) is 0.432. The van der Waals surface area contributed by atoms with Crippen LogP contribution in [0.3, 0.4) is 0 Å². The predicted octanol–water partition coefficient (Wildman–Crippen LogP) is 4.39. The monoisotopic (exact) mass is 671 g/mol. The standard InChI is InChI=1S/C37H45N5O7/c43-24-26-11-13-27(14-12-26)33-21-30(23-41-19-17-29(18-20-41)42-32-6-2-1-5-31(32)39-37(42)46)48-36(49-33)28-15-9-25(10-16-28)22-38-34(44)7-3-4-8-35(45)40-47/h1-2,5-6,9-16,29-30,33,36,43,47H,3-4,7-8,17-24H2,(H,38,44)(H,39,46)(H,40,45). The summed E-state index contributed by atoms with van der Waals surface area (Å²) in [4.78, 5) is 41.6. The number of amides is 2. The average molecular weight is 672 g/mol. The number of hydroxylamine groups is 1. The number of carbonyl (C=O) groups is 2. The van der Waals surface area contributed by atoms with Gasteiger partial charge in [0.05, 0.1) is 29.8 Å². The normalized spacial score (nSPS) is 20.3. The van der Waals surface area contributed by atoms with Gasteiger partial charge in [-0.1, -0.05) is 60.7 Å². The van der Waals surface area contributed by atoms with Crippen LogP contribution < -0.4 is 16.5 Å². The first-order chi connectivity index (χ1) is 23.9. The summed E-state index contributed by atoms with van der Waals surface area (Å²) < 4.78 is 15.0. The van der Waals surface area contributed by atoms with Gasteiger partial charge < -0.3 is 29.8 Å². The van der Waals surface area contributed by atoms with Crippen LogP contribution in [0.15, 0.2) is 77.6 Å². The first kappa shape index (κ1) is 34.5. The van der Waals surface area contributed by atoms with Crippen molar-refractivity contribution in [3.8, 4) is 0 Å². The number of carbonyl (C=O) groups excluding carboxylic acids is 2. The smallest absolute Gasteiger partial charge is 0.326 e. The van der Waals surface area contributed by atoms with Crippen LogP contribution >= 0.6 is 0 Å². The van der Waals surface area contributed by atoms with E-state index in [1.54, 1.807) is 5.48 Å². The number of unbranched alkanes of at least 4 members (excludes halogenated alkanes) is 1. The Morgan fingerprint density at radius 2 is 1.53 bits per heavy atom. The van der Waals surface area contributed by atoms with E-state index in [1.165, 1.54) is 0 Å². The number of rotatable bonds is 13. The number of ether oxygens (including phenoxy) is 2. The third kappa shape index (κ3) is 8.83. The lowest BCUT2D eigenvalue weighted by Crippen LogP contribution is -2.43. The van der Waals surface area contributed by atoms with Crippen LogP contribution in [-0.2, 0) is 32.2 Å². The van der Waals surface area contributed by atoms with Gasteiger partial charge in [0.2, 0.25) is 11.8 Å². The molecule has 3 heterocycles. The van der Waals surface area contributed by atoms with Crippen LogP contribution in [0, 0.1) is 0 Å². The van der Waals surface area contributed by atoms with Crippen LogP contribution in [0.1, 0.15) is 85.6 Å². The highest BCUT2D eigenvalue weighted by molar-refractivity contribution is 5.76. The number of piperidine rings is 1. The molecule has 0 saturated carbocycles. The third-order valence-electron chi connectivity index (χ3n) is 9.55. The average Bonchev–Trinajstić information content (AvgIpc) is 3.48. The maximum absolute atomic E-state index is 12.8. The van der Waals surface area contributed by atoms with Crippen molar-refractivity contribution in [1.82, 2.24) is 25.2 Å². The summed E-state index contributed by atoms with van der Waals surface area (Å²) in [5.74, 6) is -0.549. The van der Waals surface area contributed by atoms with Gasteiger partial charge in [-0.15, -0.1) is 0 Å². The fourth-order valence-corrected chi connectivity index (χ4v) is 6.83. The summed E-state index contributed by atoms with van der Waals surface area (Å²) in [7, 11) is 0. The molecule has 2 aliphatic heterocycles.